The monoisotopic (exact) mass is 357 g/mol. The number of phenolic OH excluding ortho intramolecular Hbond substituents is 1. The zero-order valence-corrected chi connectivity index (χ0v) is 15.1. The third kappa shape index (κ3) is 4.18. The van der Waals surface area contributed by atoms with Crippen molar-refractivity contribution < 1.29 is 9.50 Å². The molecule has 4 rings (SSSR count). The summed E-state index contributed by atoms with van der Waals surface area (Å²) in [6, 6.07) is 14.5. The second kappa shape index (κ2) is 7.38. The predicted octanol–water partition coefficient (Wildman–Crippen LogP) is 4.58. The van der Waals surface area contributed by atoms with Gasteiger partial charge in [0.05, 0.1) is 0 Å². The molecule has 4 heteroatoms. The standard InChI is InChI=1S/C21H24FNOS/c22-18-3-7-20(8-4-18)25-21-11-16-13-23(14-17(16)12-21)10-9-15-1-5-19(24)6-2-15/h1-8,16-17,21,24H,9-14H2/t16-,17+,21?. The molecular weight excluding hydrogens is 333 g/mol. The predicted molar refractivity (Wildman–Crippen MR) is 101 cm³/mol. The Morgan fingerprint density at radius 1 is 0.960 bits per heavy atom. The van der Waals surface area contributed by atoms with E-state index in [2.05, 4.69) is 4.90 Å². The third-order valence-corrected chi connectivity index (χ3v) is 6.82. The van der Waals surface area contributed by atoms with Gasteiger partial charge in [-0.2, -0.15) is 0 Å². The van der Waals surface area contributed by atoms with Gasteiger partial charge in [0.15, 0.2) is 0 Å². The van der Waals surface area contributed by atoms with Crippen LogP contribution in [0.25, 0.3) is 0 Å². The molecule has 1 aliphatic heterocycles. The maximum Gasteiger partial charge on any atom is 0.123 e. The van der Waals surface area contributed by atoms with Crippen LogP contribution in [0.3, 0.4) is 0 Å². The van der Waals surface area contributed by atoms with Crippen LogP contribution in [0.4, 0.5) is 4.39 Å². The Morgan fingerprint density at radius 2 is 1.60 bits per heavy atom. The summed E-state index contributed by atoms with van der Waals surface area (Å²) in [5.74, 6) is 1.82. The van der Waals surface area contributed by atoms with E-state index in [1.165, 1.54) is 36.4 Å². The van der Waals surface area contributed by atoms with Crippen LogP contribution in [-0.4, -0.2) is 34.9 Å². The van der Waals surface area contributed by atoms with Crippen molar-refractivity contribution in [1.29, 1.82) is 0 Å². The topological polar surface area (TPSA) is 23.5 Å². The van der Waals surface area contributed by atoms with E-state index in [1.807, 2.05) is 36.0 Å². The SMILES string of the molecule is Oc1ccc(CCN2C[C@H]3CC(Sc4ccc(F)cc4)C[C@H]3C2)cc1. The van der Waals surface area contributed by atoms with Gasteiger partial charge in [0.1, 0.15) is 11.6 Å². The Labute approximate surface area is 153 Å². The molecule has 1 N–H and O–H groups in total. The summed E-state index contributed by atoms with van der Waals surface area (Å²) < 4.78 is 13.0. The van der Waals surface area contributed by atoms with Crippen LogP contribution >= 0.6 is 11.8 Å². The molecule has 132 valence electrons. The van der Waals surface area contributed by atoms with E-state index in [1.54, 1.807) is 24.3 Å². The Hall–Kier alpha value is -1.52. The first-order chi connectivity index (χ1) is 12.2. The minimum Gasteiger partial charge on any atom is -0.508 e. The molecule has 2 aromatic rings. The molecule has 0 spiro atoms. The molecule has 1 heterocycles. The van der Waals surface area contributed by atoms with Gasteiger partial charge in [-0.05, 0) is 73.1 Å². The smallest absolute Gasteiger partial charge is 0.123 e. The van der Waals surface area contributed by atoms with Gasteiger partial charge in [-0.1, -0.05) is 12.1 Å². The number of halogens is 1. The van der Waals surface area contributed by atoms with Crippen molar-refractivity contribution in [2.75, 3.05) is 19.6 Å². The largest absolute Gasteiger partial charge is 0.508 e. The van der Waals surface area contributed by atoms with Crippen LogP contribution in [0, 0.1) is 17.7 Å². The normalized spacial score (nSPS) is 26.0. The number of thioether (sulfide) groups is 1. The van der Waals surface area contributed by atoms with E-state index >= 15 is 0 Å². The molecule has 0 amide bonds. The summed E-state index contributed by atoms with van der Waals surface area (Å²) in [7, 11) is 0. The molecule has 0 radical (unpaired) electrons. The summed E-state index contributed by atoms with van der Waals surface area (Å²) in [6.45, 7) is 3.53. The van der Waals surface area contributed by atoms with E-state index < -0.39 is 0 Å². The van der Waals surface area contributed by atoms with Crippen LogP contribution in [0.1, 0.15) is 18.4 Å². The molecule has 1 saturated heterocycles. The number of aromatic hydroxyl groups is 1. The van der Waals surface area contributed by atoms with E-state index in [0.29, 0.717) is 11.0 Å². The van der Waals surface area contributed by atoms with Crippen LogP contribution in [-0.2, 0) is 6.42 Å². The quantitative estimate of drug-likeness (QED) is 0.847. The molecule has 25 heavy (non-hydrogen) atoms. The number of hydrogen-bond donors (Lipinski definition) is 1. The van der Waals surface area contributed by atoms with Crippen molar-refractivity contribution in [1.82, 2.24) is 4.90 Å². The summed E-state index contributed by atoms with van der Waals surface area (Å²) in [5.41, 5.74) is 1.29. The lowest BCUT2D eigenvalue weighted by Gasteiger charge is -2.18. The molecular formula is C21H24FNOS. The lowest BCUT2D eigenvalue weighted by molar-refractivity contribution is 0.316. The van der Waals surface area contributed by atoms with Crippen LogP contribution < -0.4 is 0 Å². The Bertz CT molecular complexity index is 689. The molecule has 1 aliphatic carbocycles. The molecule has 1 unspecified atom stereocenters. The Balaban J connectivity index is 1.24. The highest BCUT2D eigenvalue weighted by atomic mass is 32.2. The minimum absolute atomic E-state index is 0.156. The second-order valence-electron chi connectivity index (χ2n) is 7.36. The van der Waals surface area contributed by atoms with Crippen molar-refractivity contribution in [2.45, 2.75) is 29.4 Å². The third-order valence-electron chi connectivity index (χ3n) is 5.55. The lowest BCUT2D eigenvalue weighted by Crippen LogP contribution is -2.25. The lowest BCUT2D eigenvalue weighted by atomic mass is 10.0. The van der Waals surface area contributed by atoms with Crippen molar-refractivity contribution in [3.63, 3.8) is 0 Å². The first-order valence-corrected chi connectivity index (χ1v) is 9.96. The zero-order chi connectivity index (χ0) is 17.2. The van der Waals surface area contributed by atoms with Gasteiger partial charge in [0, 0.05) is 29.8 Å². The number of phenols is 1. The van der Waals surface area contributed by atoms with E-state index in [4.69, 9.17) is 0 Å². The van der Waals surface area contributed by atoms with Gasteiger partial charge in [-0.3, -0.25) is 0 Å². The molecule has 0 bridgehead atoms. The van der Waals surface area contributed by atoms with Gasteiger partial charge in [-0.25, -0.2) is 4.39 Å². The first-order valence-electron chi connectivity index (χ1n) is 9.08. The number of rotatable bonds is 5. The molecule has 1 saturated carbocycles. The molecule has 2 aromatic carbocycles. The number of benzene rings is 2. The summed E-state index contributed by atoms with van der Waals surface area (Å²) >= 11 is 1.92. The fourth-order valence-corrected chi connectivity index (χ4v) is 5.64. The van der Waals surface area contributed by atoms with E-state index in [-0.39, 0.29) is 5.82 Å². The van der Waals surface area contributed by atoms with Crippen molar-refractivity contribution >= 4 is 11.8 Å². The van der Waals surface area contributed by atoms with Crippen molar-refractivity contribution in [2.24, 2.45) is 11.8 Å². The second-order valence-corrected chi connectivity index (χ2v) is 8.74. The molecule has 2 fully saturated rings. The number of hydrogen-bond acceptors (Lipinski definition) is 3. The van der Waals surface area contributed by atoms with Gasteiger partial charge in [0.25, 0.3) is 0 Å². The summed E-state index contributed by atoms with van der Waals surface area (Å²) in [6.07, 6.45) is 3.61. The van der Waals surface area contributed by atoms with Crippen LogP contribution in [0.2, 0.25) is 0 Å². The minimum atomic E-state index is -0.156. The molecule has 0 aromatic heterocycles. The maximum absolute atomic E-state index is 13.0. The van der Waals surface area contributed by atoms with Gasteiger partial charge < -0.3 is 10.0 Å². The van der Waals surface area contributed by atoms with Crippen LogP contribution in [0.5, 0.6) is 5.75 Å². The van der Waals surface area contributed by atoms with Crippen molar-refractivity contribution in [3.8, 4) is 5.75 Å². The van der Waals surface area contributed by atoms with Gasteiger partial charge >= 0.3 is 0 Å². The van der Waals surface area contributed by atoms with E-state index in [0.717, 1.165) is 24.8 Å². The maximum atomic E-state index is 13.0. The average Bonchev–Trinajstić information content (AvgIpc) is 3.14. The molecule has 2 aliphatic rings. The van der Waals surface area contributed by atoms with Crippen LogP contribution in [0.15, 0.2) is 53.4 Å². The van der Waals surface area contributed by atoms with Gasteiger partial charge in [-0.15, -0.1) is 11.8 Å². The first kappa shape index (κ1) is 16.9. The number of nitrogens with zero attached hydrogens (tertiary/aromatic N) is 1. The number of fused-ring (bicyclic) bond motifs is 1. The summed E-state index contributed by atoms with van der Waals surface area (Å²) in [5, 5.41) is 10.0. The summed E-state index contributed by atoms with van der Waals surface area (Å²) in [4.78, 5) is 3.79. The highest BCUT2D eigenvalue weighted by Crippen LogP contribution is 2.45. The molecule has 3 atom stereocenters. The fourth-order valence-electron chi connectivity index (χ4n) is 4.28. The average molecular weight is 357 g/mol. The number of likely N-dealkylation sites (tertiary alicyclic amines) is 1. The zero-order valence-electron chi connectivity index (χ0n) is 14.3. The van der Waals surface area contributed by atoms with E-state index in [9.17, 15) is 9.50 Å². The highest BCUT2D eigenvalue weighted by Gasteiger charge is 2.40. The van der Waals surface area contributed by atoms with Crippen molar-refractivity contribution in [3.05, 3.63) is 59.9 Å². The fraction of sp³-hybridized carbons (Fsp3) is 0.429. The highest BCUT2D eigenvalue weighted by molar-refractivity contribution is 8.00. The Morgan fingerprint density at radius 3 is 2.24 bits per heavy atom. The van der Waals surface area contributed by atoms with Gasteiger partial charge in [0.2, 0.25) is 0 Å². The Kier molecular flexibility index (Phi) is 5.00. The molecule has 2 nitrogen and oxygen atoms in total.